The number of pyridine rings is 1. The summed E-state index contributed by atoms with van der Waals surface area (Å²) in [5, 5.41) is 10.9. The van der Waals surface area contributed by atoms with Gasteiger partial charge in [0.25, 0.3) is 0 Å². The van der Waals surface area contributed by atoms with Gasteiger partial charge in [-0.2, -0.15) is 13.2 Å². The maximum absolute atomic E-state index is 12.7. The predicted molar refractivity (Wildman–Crippen MR) is 111 cm³/mol. The van der Waals surface area contributed by atoms with Crippen LogP contribution in [0.1, 0.15) is 24.0 Å². The van der Waals surface area contributed by atoms with E-state index in [0.29, 0.717) is 24.2 Å². The molecular weight excluding hydrogens is 446 g/mol. The van der Waals surface area contributed by atoms with Gasteiger partial charge in [0.05, 0.1) is 16.7 Å². The summed E-state index contributed by atoms with van der Waals surface area (Å²) >= 11 is 0. The predicted octanol–water partition coefficient (Wildman–Crippen LogP) is 3.13. The third-order valence-corrected chi connectivity index (χ3v) is 7.34. The van der Waals surface area contributed by atoms with Crippen molar-refractivity contribution in [3.05, 3.63) is 59.8 Å². The van der Waals surface area contributed by atoms with Gasteiger partial charge in [-0.25, -0.2) is 18.1 Å². The summed E-state index contributed by atoms with van der Waals surface area (Å²) in [5.41, 5.74) is 1.44. The highest BCUT2D eigenvalue weighted by atomic mass is 32.2. The molecule has 0 atom stereocenters. The first kappa shape index (κ1) is 21.0. The molecule has 1 aliphatic heterocycles. The fourth-order valence-corrected chi connectivity index (χ4v) is 5.46. The Hall–Kier alpha value is -2.83. The lowest BCUT2D eigenvalue weighted by Crippen LogP contribution is -2.45. The summed E-state index contributed by atoms with van der Waals surface area (Å²) < 4.78 is 71.4. The van der Waals surface area contributed by atoms with E-state index in [1.54, 1.807) is 12.2 Å². The molecule has 12 heteroatoms. The molecule has 0 spiro atoms. The highest BCUT2D eigenvalue weighted by molar-refractivity contribution is 7.89. The number of aromatic amines is 1. The smallest absolute Gasteiger partial charge is 0.531 e. The number of aromatic nitrogens is 2. The fourth-order valence-electron chi connectivity index (χ4n) is 4.20. The molecule has 0 amide bonds. The number of hydrogen-bond acceptors (Lipinski definition) is 5. The van der Waals surface area contributed by atoms with Crippen molar-refractivity contribution in [2.24, 2.45) is 5.92 Å². The topological polar surface area (TPSA) is 104 Å². The van der Waals surface area contributed by atoms with Crippen LogP contribution in [0.4, 0.5) is 13.2 Å². The molecule has 0 unspecified atom stereocenters. The molecule has 0 bridgehead atoms. The van der Waals surface area contributed by atoms with Crippen LogP contribution in [0, 0.1) is 5.92 Å². The fraction of sp³-hybridized carbons (Fsp3) is 0.250. The van der Waals surface area contributed by atoms with Gasteiger partial charge in [0.2, 0.25) is 10.0 Å². The number of nitrogens with one attached hydrogen (secondary N) is 2. The molecule has 2 aromatic heterocycles. The molecule has 1 saturated carbocycles. The Morgan fingerprint density at radius 1 is 1.19 bits per heavy atom. The van der Waals surface area contributed by atoms with Gasteiger partial charge in [0, 0.05) is 23.2 Å². The molecule has 3 heterocycles. The second kappa shape index (κ2) is 7.36. The zero-order chi connectivity index (χ0) is 22.7. The van der Waals surface area contributed by atoms with Crippen molar-refractivity contribution in [1.29, 1.82) is 0 Å². The lowest BCUT2D eigenvalue weighted by Gasteiger charge is -2.39. The molecule has 166 valence electrons. The van der Waals surface area contributed by atoms with Crippen molar-refractivity contribution in [3.8, 4) is 5.75 Å². The number of H-pyrrole nitrogens is 1. The summed E-state index contributed by atoms with van der Waals surface area (Å²) in [5.74, 6) is 2.05. The molecular formula is C20H17BF3N3O4S. The number of alkyl halides is 3. The Bertz CT molecular complexity index is 1320. The molecule has 1 aliphatic carbocycles. The van der Waals surface area contributed by atoms with Crippen LogP contribution in [0.5, 0.6) is 5.75 Å². The average molecular weight is 463 g/mol. The van der Waals surface area contributed by atoms with E-state index in [4.69, 9.17) is 4.65 Å². The van der Waals surface area contributed by atoms with Gasteiger partial charge < -0.3 is 14.7 Å². The number of benzene rings is 1. The van der Waals surface area contributed by atoms with Crippen LogP contribution in [0.3, 0.4) is 0 Å². The molecule has 2 aliphatic rings. The number of sulfonamides is 1. The first-order valence-corrected chi connectivity index (χ1v) is 11.3. The standard InChI is InChI=1S/C20H17BF3N3O4S/c22-20(23,24)12-1-3-14(4-2-12)32(29,30)27-13-7-11(8-13)16-9-21(28)31-17-10-26-19-15(18(16)17)5-6-25-19/h1-6,9-11,13,27-28H,7-8H2,(H,25,26). The average Bonchev–Trinajstić information content (AvgIpc) is 3.18. The maximum atomic E-state index is 12.7. The number of fused-ring (bicyclic) bond motifs is 3. The van der Waals surface area contributed by atoms with Crippen molar-refractivity contribution in [3.63, 3.8) is 0 Å². The zero-order valence-corrected chi connectivity index (χ0v) is 17.2. The maximum Gasteiger partial charge on any atom is 0.552 e. The van der Waals surface area contributed by atoms with Gasteiger partial charge in [-0.3, -0.25) is 0 Å². The second-order valence-electron chi connectivity index (χ2n) is 7.88. The summed E-state index contributed by atoms with van der Waals surface area (Å²) in [6, 6.07) is 4.88. The molecule has 3 aromatic rings. The molecule has 5 rings (SSSR count). The van der Waals surface area contributed by atoms with E-state index >= 15 is 0 Å². The molecule has 7 nitrogen and oxygen atoms in total. The van der Waals surface area contributed by atoms with Crippen LogP contribution < -0.4 is 9.38 Å². The number of nitrogens with zero attached hydrogens (tertiary/aromatic N) is 1. The van der Waals surface area contributed by atoms with E-state index in [0.717, 1.165) is 40.8 Å². The number of hydrogen-bond donors (Lipinski definition) is 3. The van der Waals surface area contributed by atoms with Crippen LogP contribution in [0.15, 0.2) is 53.6 Å². The van der Waals surface area contributed by atoms with Gasteiger partial charge in [-0.15, -0.1) is 0 Å². The number of halogens is 3. The van der Waals surface area contributed by atoms with Gasteiger partial charge >= 0.3 is 13.3 Å². The van der Waals surface area contributed by atoms with Crippen molar-refractivity contribution in [2.45, 2.75) is 30.0 Å². The first-order valence-electron chi connectivity index (χ1n) is 9.84. The van der Waals surface area contributed by atoms with Gasteiger partial charge in [-0.05, 0) is 60.6 Å². The van der Waals surface area contributed by atoms with Gasteiger partial charge in [0.15, 0.2) is 0 Å². The molecule has 32 heavy (non-hydrogen) atoms. The highest BCUT2D eigenvalue weighted by Crippen LogP contribution is 2.46. The van der Waals surface area contributed by atoms with Crippen molar-refractivity contribution in [1.82, 2.24) is 14.7 Å². The number of allylic oxidation sites excluding steroid dienone is 1. The Labute approximate surface area is 181 Å². The first-order chi connectivity index (χ1) is 15.1. The minimum absolute atomic E-state index is 0.0203. The third kappa shape index (κ3) is 3.68. The highest BCUT2D eigenvalue weighted by Gasteiger charge is 2.39. The van der Waals surface area contributed by atoms with Crippen molar-refractivity contribution < 1.29 is 31.3 Å². The van der Waals surface area contributed by atoms with Crippen LogP contribution in [-0.4, -0.2) is 36.6 Å². The van der Waals surface area contributed by atoms with E-state index < -0.39 is 28.9 Å². The third-order valence-electron chi connectivity index (χ3n) is 5.80. The summed E-state index contributed by atoms with van der Waals surface area (Å²) in [7, 11) is -5.09. The van der Waals surface area contributed by atoms with Crippen LogP contribution >= 0.6 is 0 Å². The Kier molecular flexibility index (Phi) is 4.84. The second-order valence-corrected chi connectivity index (χ2v) is 9.59. The molecule has 1 aromatic carbocycles. The van der Waals surface area contributed by atoms with E-state index in [9.17, 15) is 26.6 Å². The van der Waals surface area contributed by atoms with Gasteiger partial charge in [-0.1, -0.05) is 0 Å². The Morgan fingerprint density at radius 2 is 1.91 bits per heavy atom. The van der Waals surface area contributed by atoms with Gasteiger partial charge in [0.1, 0.15) is 11.4 Å². The van der Waals surface area contributed by atoms with E-state index in [2.05, 4.69) is 14.7 Å². The Balaban J connectivity index is 1.32. The zero-order valence-electron chi connectivity index (χ0n) is 16.4. The van der Waals surface area contributed by atoms with E-state index in [1.807, 2.05) is 6.07 Å². The minimum atomic E-state index is -4.53. The minimum Gasteiger partial charge on any atom is -0.531 e. The van der Waals surface area contributed by atoms with E-state index in [1.165, 1.54) is 6.20 Å². The largest absolute Gasteiger partial charge is 0.552 e. The lowest BCUT2D eigenvalue weighted by atomic mass is 9.68. The molecule has 1 fully saturated rings. The van der Waals surface area contributed by atoms with Crippen LogP contribution in [0.2, 0.25) is 0 Å². The lowest BCUT2D eigenvalue weighted by molar-refractivity contribution is -0.137. The summed E-state index contributed by atoms with van der Waals surface area (Å²) in [6.07, 6.45) is -0.288. The van der Waals surface area contributed by atoms with Crippen molar-refractivity contribution in [2.75, 3.05) is 0 Å². The normalized spacial score (nSPS) is 21.0. The van der Waals surface area contributed by atoms with Crippen molar-refractivity contribution >= 4 is 33.7 Å². The van der Waals surface area contributed by atoms with E-state index in [-0.39, 0.29) is 16.9 Å². The monoisotopic (exact) mass is 463 g/mol. The summed E-state index contributed by atoms with van der Waals surface area (Å²) in [6.45, 7) is 0. The summed E-state index contributed by atoms with van der Waals surface area (Å²) in [4.78, 5) is 7.07. The molecule has 0 saturated heterocycles. The van der Waals surface area contributed by atoms with Crippen LogP contribution in [-0.2, 0) is 16.2 Å². The SMILES string of the molecule is O=S(=O)(NC1CC(C2=CB(O)Oc3cnc4[nH]ccc4c32)C1)c1ccc(C(F)(F)F)cc1. The number of rotatable bonds is 4. The quantitative estimate of drug-likeness (QED) is 0.516. The molecule has 0 radical (unpaired) electrons. The van der Waals surface area contributed by atoms with Crippen LogP contribution in [0.25, 0.3) is 16.6 Å². The Morgan fingerprint density at radius 3 is 2.59 bits per heavy atom. The molecule has 3 N–H and O–H groups in total.